The number of hydrogen-bond acceptors (Lipinski definition) is 5. The van der Waals surface area contributed by atoms with Gasteiger partial charge in [-0.3, -0.25) is 4.79 Å². The zero-order valence-corrected chi connectivity index (χ0v) is 15.4. The van der Waals surface area contributed by atoms with Crippen molar-refractivity contribution in [1.82, 2.24) is 19.9 Å². The molecule has 130 valence electrons. The van der Waals surface area contributed by atoms with Crippen LogP contribution in [0.25, 0.3) is 9.88 Å². The number of carbonyl (C=O) groups is 1. The number of amides is 1. The van der Waals surface area contributed by atoms with Crippen LogP contribution in [0.1, 0.15) is 22.1 Å². The lowest BCUT2D eigenvalue weighted by atomic mass is 10.1. The molecule has 0 aliphatic rings. The monoisotopic (exact) mass is 380 g/mol. The quantitative estimate of drug-likeness (QED) is 0.544. The molecule has 7 heteroatoms. The first-order chi connectivity index (χ1) is 12.8. The molecule has 4 aromatic rings. The van der Waals surface area contributed by atoms with Gasteiger partial charge in [-0.2, -0.15) is 0 Å². The van der Waals surface area contributed by atoms with E-state index in [0.717, 1.165) is 15.4 Å². The Kier molecular flexibility index (Phi) is 4.90. The number of nitrogens with zero attached hydrogens (tertiary/aromatic N) is 3. The van der Waals surface area contributed by atoms with Crippen molar-refractivity contribution in [2.75, 3.05) is 0 Å². The fourth-order valence-electron chi connectivity index (χ4n) is 2.65. The third-order valence-electron chi connectivity index (χ3n) is 3.93. The molecular formula is C19H16N4OS2. The minimum atomic E-state index is -0.168. The van der Waals surface area contributed by atoms with Crippen LogP contribution in [0.3, 0.4) is 0 Å². The zero-order valence-electron chi connectivity index (χ0n) is 13.8. The number of aromatic nitrogens is 3. The number of benzene rings is 1. The molecule has 0 aliphatic carbocycles. The van der Waals surface area contributed by atoms with E-state index in [-0.39, 0.29) is 11.9 Å². The van der Waals surface area contributed by atoms with Crippen LogP contribution in [0.5, 0.6) is 0 Å². The Labute approximate surface area is 159 Å². The normalized spacial score (nSPS) is 12.0. The lowest BCUT2D eigenvalue weighted by Gasteiger charge is -2.19. The van der Waals surface area contributed by atoms with Gasteiger partial charge in [0.15, 0.2) is 0 Å². The highest BCUT2D eigenvalue weighted by Crippen LogP contribution is 2.28. The molecule has 1 aromatic carbocycles. The highest BCUT2D eigenvalue weighted by atomic mass is 32.1. The Morgan fingerprint density at radius 2 is 2.04 bits per heavy atom. The Morgan fingerprint density at radius 1 is 1.15 bits per heavy atom. The van der Waals surface area contributed by atoms with Gasteiger partial charge in [-0.1, -0.05) is 36.4 Å². The molecule has 0 unspecified atom stereocenters. The van der Waals surface area contributed by atoms with E-state index >= 15 is 0 Å². The van der Waals surface area contributed by atoms with Crippen LogP contribution in [0, 0.1) is 0 Å². The number of carbonyl (C=O) groups excluding carboxylic acids is 1. The largest absolute Gasteiger partial charge is 0.342 e. The lowest BCUT2D eigenvalue weighted by Crippen LogP contribution is -2.31. The molecule has 4 rings (SSSR count). The Morgan fingerprint density at radius 3 is 2.77 bits per heavy atom. The zero-order chi connectivity index (χ0) is 17.8. The van der Waals surface area contributed by atoms with Gasteiger partial charge in [-0.25, -0.2) is 9.97 Å². The van der Waals surface area contributed by atoms with Crippen LogP contribution in [-0.4, -0.2) is 20.4 Å². The van der Waals surface area contributed by atoms with Crippen LogP contribution < -0.4 is 5.32 Å². The van der Waals surface area contributed by atoms with Crippen molar-refractivity contribution in [3.63, 3.8) is 0 Å². The summed E-state index contributed by atoms with van der Waals surface area (Å²) in [7, 11) is 0. The van der Waals surface area contributed by atoms with Gasteiger partial charge in [-0.05, 0) is 17.0 Å². The first kappa shape index (κ1) is 16.7. The van der Waals surface area contributed by atoms with E-state index in [9.17, 15) is 4.79 Å². The van der Waals surface area contributed by atoms with Crippen molar-refractivity contribution >= 4 is 28.6 Å². The summed E-state index contributed by atoms with van der Waals surface area (Å²) < 4.78 is 1.95. The van der Waals surface area contributed by atoms with Gasteiger partial charge in [0.1, 0.15) is 10.7 Å². The fraction of sp³-hybridized carbons (Fsp3) is 0.105. The van der Waals surface area contributed by atoms with Gasteiger partial charge in [0.2, 0.25) is 0 Å². The molecule has 0 bridgehead atoms. The van der Waals surface area contributed by atoms with Crippen molar-refractivity contribution in [2.24, 2.45) is 0 Å². The third-order valence-corrected chi connectivity index (χ3v) is 5.81. The summed E-state index contributed by atoms with van der Waals surface area (Å²) >= 11 is 3.11. The summed E-state index contributed by atoms with van der Waals surface area (Å²) in [5.41, 5.74) is 1.49. The molecule has 0 fully saturated rings. The molecular weight excluding hydrogens is 364 g/mol. The first-order valence-electron chi connectivity index (χ1n) is 8.10. The van der Waals surface area contributed by atoms with Crippen molar-refractivity contribution in [2.45, 2.75) is 12.6 Å². The Bertz CT molecular complexity index is 962. The molecule has 0 radical (unpaired) electrons. The summed E-state index contributed by atoms with van der Waals surface area (Å²) in [4.78, 5) is 22.4. The van der Waals surface area contributed by atoms with Gasteiger partial charge in [0.05, 0.1) is 17.2 Å². The molecule has 3 heterocycles. The van der Waals surface area contributed by atoms with E-state index < -0.39 is 0 Å². The highest BCUT2D eigenvalue weighted by Gasteiger charge is 2.19. The minimum Gasteiger partial charge on any atom is -0.342 e. The maximum Gasteiger partial charge on any atom is 0.271 e. The standard InChI is InChI=1S/C19H16N4OS2/c24-18(16-12-26-19(22-16)17-7-4-10-25-17)21-15(11-23-9-8-20-13-23)14-5-2-1-3-6-14/h1-10,12-13,15H,11H2,(H,21,24)/t15-/m0/s1. The molecule has 5 nitrogen and oxygen atoms in total. The summed E-state index contributed by atoms with van der Waals surface area (Å²) in [6.45, 7) is 0.609. The fourth-order valence-corrected chi connectivity index (χ4v) is 4.26. The van der Waals surface area contributed by atoms with E-state index in [1.54, 1.807) is 23.9 Å². The minimum absolute atomic E-state index is 0.162. The summed E-state index contributed by atoms with van der Waals surface area (Å²) in [6.07, 6.45) is 5.37. The molecule has 0 saturated heterocycles. The molecule has 1 atom stereocenters. The van der Waals surface area contributed by atoms with Crippen LogP contribution in [-0.2, 0) is 6.54 Å². The average Bonchev–Trinajstić information content (AvgIpc) is 3.42. The van der Waals surface area contributed by atoms with E-state index in [1.165, 1.54) is 11.3 Å². The lowest BCUT2D eigenvalue weighted by molar-refractivity contribution is 0.0928. The van der Waals surface area contributed by atoms with Crippen LogP contribution in [0.2, 0.25) is 0 Å². The maximum absolute atomic E-state index is 12.8. The SMILES string of the molecule is O=C(N[C@@H](Cn1ccnc1)c1ccccc1)c1csc(-c2cccs2)n1. The van der Waals surface area contributed by atoms with Crippen molar-refractivity contribution in [1.29, 1.82) is 0 Å². The number of thiazole rings is 1. The molecule has 1 N–H and O–H groups in total. The number of hydrogen-bond donors (Lipinski definition) is 1. The van der Waals surface area contributed by atoms with Gasteiger partial charge in [0.25, 0.3) is 5.91 Å². The van der Waals surface area contributed by atoms with Crippen LogP contribution >= 0.6 is 22.7 Å². The van der Waals surface area contributed by atoms with Crippen LogP contribution in [0.15, 0.2) is 71.9 Å². The van der Waals surface area contributed by atoms with E-state index in [1.807, 2.05) is 64.0 Å². The number of nitrogens with one attached hydrogen (secondary N) is 1. The number of thiophene rings is 1. The second-order valence-electron chi connectivity index (χ2n) is 5.71. The Hall–Kier alpha value is -2.77. The average molecular weight is 380 g/mol. The molecule has 26 heavy (non-hydrogen) atoms. The van der Waals surface area contributed by atoms with E-state index in [2.05, 4.69) is 15.3 Å². The summed E-state index contributed by atoms with van der Waals surface area (Å²) in [6, 6.07) is 13.8. The van der Waals surface area contributed by atoms with E-state index in [4.69, 9.17) is 0 Å². The van der Waals surface area contributed by atoms with Crippen LogP contribution in [0.4, 0.5) is 0 Å². The Balaban J connectivity index is 1.54. The van der Waals surface area contributed by atoms with Crippen molar-refractivity contribution in [3.05, 3.63) is 83.2 Å². The maximum atomic E-state index is 12.8. The number of imidazole rings is 1. The first-order valence-corrected chi connectivity index (χ1v) is 9.86. The summed E-state index contributed by atoms with van der Waals surface area (Å²) in [5, 5.41) is 7.79. The van der Waals surface area contributed by atoms with Gasteiger partial charge >= 0.3 is 0 Å². The van der Waals surface area contributed by atoms with Gasteiger partial charge in [0, 0.05) is 24.3 Å². The topological polar surface area (TPSA) is 59.8 Å². The predicted molar refractivity (Wildman–Crippen MR) is 104 cm³/mol. The molecule has 0 saturated carbocycles. The molecule has 0 aliphatic heterocycles. The van der Waals surface area contributed by atoms with E-state index in [0.29, 0.717) is 12.2 Å². The second kappa shape index (κ2) is 7.63. The highest BCUT2D eigenvalue weighted by molar-refractivity contribution is 7.20. The van der Waals surface area contributed by atoms with Crippen molar-refractivity contribution < 1.29 is 4.79 Å². The van der Waals surface area contributed by atoms with Gasteiger partial charge < -0.3 is 9.88 Å². The number of rotatable bonds is 6. The molecule has 3 aromatic heterocycles. The van der Waals surface area contributed by atoms with Crippen molar-refractivity contribution in [3.8, 4) is 9.88 Å². The molecule has 1 amide bonds. The van der Waals surface area contributed by atoms with Gasteiger partial charge in [-0.15, -0.1) is 22.7 Å². The smallest absolute Gasteiger partial charge is 0.271 e. The third kappa shape index (κ3) is 3.74. The summed E-state index contributed by atoms with van der Waals surface area (Å²) in [5.74, 6) is -0.168. The second-order valence-corrected chi connectivity index (χ2v) is 7.52. The molecule has 0 spiro atoms. The predicted octanol–water partition coefficient (Wildman–Crippen LogP) is 4.24.